The van der Waals surface area contributed by atoms with Crippen LogP contribution in [0, 0.1) is 0 Å². The second kappa shape index (κ2) is 6.62. The third-order valence-electron chi connectivity index (χ3n) is 3.11. The van der Waals surface area contributed by atoms with Crippen molar-refractivity contribution >= 4 is 17.3 Å². The number of methoxy groups -OCH3 is 2. The van der Waals surface area contributed by atoms with E-state index in [0.29, 0.717) is 46.2 Å². The van der Waals surface area contributed by atoms with E-state index in [4.69, 9.17) is 30.0 Å². The highest BCUT2D eigenvalue weighted by Gasteiger charge is 2.13. The maximum Gasteiger partial charge on any atom is 0.246 e. The molecule has 8 heteroatoms. The number of furan rings is 1. The van der Waals surface area contributed by atoms with Crippen molar-refractivity contribution in [3.8, 4) is 23.1 Å². The Morgan fingerprint density at radius 2 is 2.04 bits per heavy atom. The average Bonchev–Trinajstić information content (AvgIpc) is 3.24. The molecule has 0 aliphatic rings. The van der Waals surface area contributed by atoms with Crippen molar-refractivity contribution in [3.05, 3.63) is 41.4 Å². The summed E-state index contributed by atoms with van der Waals surface area (Å²) < 4.78 is 20.9. The van der Waals surface area contributed by atoms with Crippen LogP contribution < -0.4 is 14.8 Å². The Labute approximate surface area is 137 Å². The molecule has 23 heavy (non-hydrogen) atoms. The first kappa shape index (κ1) is 15.2. The normalized spacial score (nSPS) is 10.6. The van der Waals surface area contributed by atoms with E-state index in [0.717, 1.165) is 0 Å². The van der Waals surface area contributed by atoms with Gasteiger partial charge < -0.3 is 23.7 Å². The van der Waals surface area contributed by atoms with Gasteiger partial charge in [-0.2, -0.15) is 4.98 Å². The van der Waals surface area contributed by atoms with Crippen LogP contribution >= 0.6 is 11.6 Å². The maximum absolute atomic E-state index is 6.07. The molecule has 0 bridgehead atoms. The highest BCUT2D eigenvalue weighted by Crippen LogP contribution is 2.36. The second-order valence-electron chi connectivity index (χ2n) is 4.53. The Bertz CT molecular complexity index is 786. The van der Waals surface area contributed by atoms with Crippen molar-refractivity contribution in [2.45, 2.75) is 6.54 Å². The summed E-state index contributed by atoms with van der Waals surface area (Å²) in [5, 5.41) is 7.48. The van der Waals surface area contributed by atoms with Crippen molar-refractivity contribution in [1.29, 1.82) is 0 Å². The molecule has 0 fully saturated rings. The zero-order valence-electron chi connectivity index (χ0n) is 12.5. The van der Waals surface area contributed by atoms with Crippen LogP contribution in [0.4, 0.5) is 5.69 Å². The quantitative estimate of drug-likeness (QED) is 0.736. The maximum atomic E-state index is 6.07. The molecule has 120 valence electrons. The summed E-state index contributed by atoms with van der Waals surface area (Å²) in [6.07, 6.45) is 1.55. The highest BCUT2D eigenvalue weighted by atomic mass is 35.5. The van der Waals surface area contributed by atoms with E-state index >= 15 is 0 Å². The summed E-state index contributed by atoms with van der Waals surface area (Å²) in [7, 11) is 3.11. The summed E-state index contributed by atoms with van der Waals surface area (Å²) in [6.45, 7) is 0.314. The summed E-state index contributed by atoms with van der Waals surface area (Å²) >= 11 is 6.07. The van der Waals surface area contributed by atoms with Crippen molar-refractivity contribution in [1.82, 2.24) is 10.1 Å². The SMILES string of the molecule is COc1cc(NCc2nc(-c3ccco3)no2)c(OC)cc1Cl. The summed E-state index contributed by atoms with van der Waals surface area (Å²) in [4.78, 5) is 4.25. The van der Waals surface area contributed by atoms with Gasteiger partial charge in [0.1, 0.15) is 11.5 Å². The number of benzene rings is 1. The van der Waals surface area contributed by atoms with E-state index in [9.17, 15) is 0 Å². The van der Waals surface area contributed by atoms with Crippen LogP contribution in [-0.2, 0) is 6.54 Å². The first-order valence-corrected chi connectivity index (χ1v) is 7.11. The minimum atomic E-state index is 0.314. The Kier molecular flexibility index (Phi) is 4.38. The predicted octanol–water partition coefficient (Wildman–Crippen LogP) is 3.61. The number of rotatable bonds is 6. The Hall–Kier alpha value is -2.67. The number of aromatic nitrogens is 2. The largest absolute Gasteiger partial charge is 0.495 e. The number of anilines is 1. The van der Waals surface area contributed by atoms with Crippen molar-refractivity contribution in [2.75, 3.05) is 19.5 Å². The van der Waals surface area contributed by atoms with Gasteiger partial charge in [0.2, 0.25) is 11.7 Å². The average molecular weight is 336 g/mol. The molecule has 0 amide bonds. The topological polar surface area (TPSA) is 82.5 Å². The van der Waals surface area contributed by atoms with E-state index in [2.05, 4.69) is 15.5 Å². The van der Waals surface area contributed by atoms with Gasteiger partial charge in [-0.25, -0.2) is 0 Å². The van der Waals surface area contributed by atoms with Crippen LogP contribution in [0.3, 0.4) is 0 Å². The van der Waals surface area contributed by atoms with Crippen molar-refractivity contribution in [3.63, 3.8) is 0 Å². The fraction of sp³-hybridized carbons (Fsp3) is 0.200. The summed E-state index contributed by atoms with van der Waals surface area (Å²) in [5.41, 5.74) is 0.700. The van der Waals surface area contributed by atoms with Gasteiger partial charge in [-0.3, -0.25) is 0 Å². The van der Waals surface area contributed by atoms with Crippen LogP contribution in [-0.4, -0.2) is 24.4 Å². The third-order valence-corrected chi connectivity index (χ3v) is 3.41. The molecular formula is C15H14ClN3O4. The molecule has 0 saturated heterocycles. The molecule has 1 aromatic carbocycles. The molecular weight excluding hydrogens is 322 g/mol. The van der Waals surface area contributed by atoms with Gasteiger partial charge in [-0.15, -0.1) is 0 Å². The molecule has 3 aromatic rings. The molecule has 0 aliphatic carbocycles. The lowest BCUT2D eigenvalue weighted by molar-refractivity contribution is 0.381. The minimum Gasteiger partial charge on any atom is -0.495 e. The van der Waals surface area contributed by atoms with Gasteiger partial charge in [-0.1, -0.05) is 16.8 Å². The molecule has 1 N–H and O–H groups in total. The lowest BCUT2D eigenvalue weighted by Crippen LogP contribution is -2.02. The molecule has 7 nitrogen and oxygen atoms in total. The fourth-order valence-corrected chi connectivity index (χ4v) is 2.23. The molecule has 0 aliphatic heterocycles. The predicted molar refractivity (Wildman–Crippen MR) is 83.9 cm³/mol. The lowest BCUT2D eigenvalue weighted by atomic mass is 10.2. The molecule has 0 radical (unpaired) electrons. The zero-order chi connectivity index (χ0) is 16.2. The summed E-state index contributed by atoms with van der Waals surface area (Å²) in [6, 6.07) is 6.93. The van der Waals surface area contributed by atoms with Gasteiger partial charge in [0.25, 0.3) is 0 Å². The molecule has 0 unspecified atom stereocenters. The van der Waals surface area contributed by atoms with Gasteiger partial charge in [0, 0.05) is 12.1 Å². The lowest BCUT2D eigenvalue weighted by Gasteiger charge is -2.12. The van der Waals surface area contributed by atoms with E-state index in [1.165, 1.54) is 0 Å². The first-order chi connectivity index (χ1) is 11.2. The number of ether oxygens (including phenoxy) is 2. The third kappa shape index (κ3) is 3.24. The van der Waals surface area contributed by atoms with Crippen LogP contribution in [0.5, 0.6) is 11.5 Å². The molecule has 0 spiro atoms. The number of hydrogen-bond donors (Lipinski definition) is 1. The van der Waals surface area contributed by atoms with Gasteiger partial charge in [0.05, 0.1) is 37.7 Å². The first-order valence-electron chi connectivity index (χ1n) is 6.73. The van der Waals surface area contributed by atoms with Crippen molar-refractivity contribution < 1.29 is 18.4 Å². The van der Waals surface area contributed by atoms with E-state index in [1.807, 2.05) is 0 Å². The summed E-state index contributed by atoms with van der Waals surface area (Å²) in [5.74, 6) is 2.48. The highest BCUT2D eigenvalue weighted by molar-refractivity contribution is 6.32. The Morgan fingerprint density at radius 3 is 2.74 bits per heavy atom. The van der Waals surface area contributed by atoms with Crippen molar-refractivity contribution in [2.24, 2.45) is 0 Å². The van der Waals surface area contributed by atoms with Crippen LogP contribution in [0.25, 0.3) is 11.6 Å². The zero-order valence-corrected chi connectivity index (χ0v) is 13.3. The van der Waals surface area contributed by atoms with Crippen LogP contribution in [0.15, 0.2) is 39.5 Å². The standard InChI is InChI=1S/C15H14ClN3O4/c1-20-12-7-10(13(21-2)6-9(12)16)17-8-14-18-15(19-23-14)11-4-3-5-22-11/h3-7,17H,8H2,1-2H3. The molecule has 0 atom stereocenters. The second-order valence-corrected chi connectivity index (χ2v) is 4.94. The smallest absolute Gasteiger partial charge is 0.246 e. The molecule has 3 rings (SSSR count). The number of nitrogens with one attached hydrogen (secondary N) is 1. The van der Waals surface area contributed by atoms with Gasteiger partial charge in [-0.05, 0) is 12.1 Å². The minimum absolute atomic E-state index is 0.314. The molecule has 2 heterocycles. The Balaban J connectivity index is 1.75. The van der Waals surface area contributed by atoms with E-state index < -0.39 is 0 Å². The van der Waals surface area contributed by atoms with Gasteiger partial charge in [0.15, 0.2) is 5.76 Å². The van der Waals surface area contributed by atoms with Crippen LogP contribution in [0.1, 0.15) is 5.89 Å². The van der Waals surface area contributed by atoms with Gasteiger partial charge >= 0.3 is 0 Å². The number of halogens is 1. The molecule has 2 aromatic heterocycles. The fourth-order valence-electron chi connectivity index (χ4n) is 2.00. The Morgan fingerprint density at radius 1 is 1.22 bits per heavy atom. The number of nitrogens with zero attached hydrogens (tertiary/aromatic N) is 2. The van der Waals surface area contributed by atoms with E-state index in [-0.39, 0.29) is 0 Å². The van der Waals surface area contributed by atoms with Crippen LogP contribution in [0.2, 0.25) is 5.02 Å². The monoisotopic (exact) mass is 335 g/mol. The molecule has 0 saturated carbocycles. The number of hydrogen-bond acceptors (Lipinski definition) is 7. The van der Waals surface area contributed by atoms with E-state index in [1.54, 1.807) is 44.7 Å².